The van der Waals surface area contributed by atoms with E-state index in [1.54, 1.807) is 16.6 Å². The van der Waals surface area contributed by atoms with E-state index in [1.807, 2.05) is 45.0 Å². The van der Waals surface area contributed by atoms with E-state index in [1.165, 1.54) is 11.8 Å². The summed E-state index contributed by atoms with van der Waals surface area (Å²) in [6.45, 7) is 6.24. The maximum absolute atomic E-state index is 12.4. The molecule has 0 spiro atoms. The number of carbonyl (C=O) groups is 1. The van der Waals surface area contributed by atoms with E-state index in [4.69, 9.17) is 5.26 Å². The normalized spacial score (nSPS) is 11.8. The van der Waals surface area contributed by atoms with Crippen LogP contribution in [0.1, 0.15) is 24.5 Å². The lowest BCUT2D eigenvalue weighted by Gasteiger charge is -2.19. The smallest absolute Gasteiger partial charge is 0.235 e. The molecule has 0 bridgehead atoms. The predicted molar refractivity (Wildman–Crippen MR) is 91.8 cm³/mol. The molecule has 0 fully saturated rings. The molecule has 0 radical (unpaired) electrons. The van der Waals surface area contributed by atoms with Gasteiger partial charge in [0.05, 0.1) is 23.4 Å². The number of aryl methyl sites for hydroxylation is 2. The molecular weight excluding hydrogens is 324 g/mol. The largest absolute Gasteiger partial charge is 0.344 e. The summed E-state index contributed by atoms with van der Waals surface area (Å²) in [6, 6.07) is 8.04. The van der Waals surface area contributed by atoms with E-state index < -0.39 is 0 Å². The number of benzene rings is 1. The van der Waals surface area contributed by atoms with Gasteiger partial charge in [0.15, 0.2) is 0 Å². The molecule has 126 valence electrons. The molecular formula is C16H20N6OS. The second kappa shape index (κ2) is 7.93. The van der Waals surface area contributed by atoms with Crippen LogP contribution < -0.4 is 0 Å². The number of rotatable bonds is 6. The van der Waals surface area contributed by atoms with E-state index >= 15 is 0 Å². The minimum atomic E-state index is -0.345. The number of amides is 1. The lowest BCUT2D eigenvalue weighted by Crippen LogP contribution is -2.34. The van der Waals surface area contributed by atoms with Gasteiger partial charge < -0.3 is 4.90 Å². The molecule has 0 aliphatic rings. The van der Waals surface area contributed by atoms with Crippen molar-refractivity contribution >= 4 is 17.7 Å². The van der Waals surface area contributed by atoms with E-state index in [9.17, 15) is 4.79 Å². The molecule has 1 aromatic heterocycles. The van der Waals surface area contributed by atoms with Crippen molar-refractivity contribution in [1.29, 1.82) is 5.26 Å². The number of aromatic nitrogens is 4. The minimum absolute atomic E-state index is 0.0497. The van der Waals surface area contributed by atoms with Crippen LogP contribution >= 0.6 is 11.8 Å². The van der Waals surface area contributed by atoms with Gasteiger partial charge in [-0.1, -0.05) is 30.0 Å². The molecule has 0 saturated heterocycles. The number of thioether (sulfide) groups is 1. The summed E-state index contributed by atoms with van der Waals surface area (Å²) in [5, 5.41) is 20.8. The van der Waals surface area contributed by atoms with Gasteiger partial charge in [0, 0.05) is 13.6 Å². The number of para-hydroxylation sites is 1. The maximum atomic E-state index is 12.4. The highest BCUT2D eigenvalue weighted by Crippen LogP contribution is 2.26. The maximum Gasteiger partial charge on any atom is 0.235 e. The summed E-state index contributed by atoms with van der Waals surface area (Å²) in [7, 11) is 1.70. The average Bonchev–Trinajstić information content (AvgIpc) is 2.99. The molecule has 0 aliphatic heterocycles. The van der Waals surface area contributed by atoms with Crippen molar-refractivity contribution in [2.24, 2.45) is 0 Å². The summed E-state index contributed by atoms with van der Waals surface area (Å²) >= 11 is 1.31. The topological polar surface area (TPSA) is 87.7 Å². The fourth-order valence-electron chi connectivity index (χ4n) is 2.38. The Bertz CT molecular complexity index is 746. The number of tetrazole rings is 1. The molecule has 2 rings (SSSR count). The fourth-order valence-corrected chi connectivity index (χ4v) is 3.29. The van der Waals surface area contributed by atoms with Crippen LogP contribution in [0.15, 0.2) is 23.4 Å². The Morgan fingerprint density at radius 2 is 2.08 bits per heavy atom. The third-order valence-electron chi connectivity index (χ3n) is 3.66. The van der Waals surface area contributed by atoms with E-state index in [0.29, 0.717) is 18.1 Å². The Labute approximate surface area is 145 Å². The molecule has 0 N–H and O–H groups in total. The van der Waals surface area contributed by atoms with Crippen molar-refractivity contribution in [1.82, 2.24) is 25.1 Å². The fraction of sp³-hybridized carbons (Fsp3) is 0.438. The van der Waals surface area contributed by atoms with Gasteiger partial charge >= 0.3 is 0 Å². The first-order valence-corrected chi connectivity index (χ1v) is 8.47. The zero-order chi connectivity index (χ0) is 17.7. The molecule has 1 heterocycles. The van der Waals surface area contributed by atoms with Crippen molar-refractivity contribution in [3.8, 4) is 11.8 Å². The molecule has 0 saturated carbocycles. The number of carbonyl (C=O) groups excluding carboxylic acids is 1. The van der Waals surface area contributed by atoms with Crippen molar-refractivity contribution in [3.63, 3.8) is 0 Å². The molecule has 24 heavy (non-hydrogen) atoms. The van der Waals surface area contributed by atoms with Gasteiger partial charge in [-0.05, 0) is 42.3 Å². The number of hydrogen-bond donors (Lipinski definition) is 0. The van der Waals surface area contributed by atoms with Gasteiger partial charge in [-0.3, -0.25) is 4.79 Å². The zero-order valence-corrected chi connectivity index (χ0v) is 15.0. The van der Waals surface area contributed by atoms with Crippen LogP contribution in [0.5, 0.6) is 0 Å². The monoisotopic (exact) mass is 344 g/mol. The Kier molecular flexibility index (Phi) is 5.93. The van der Waals surface area contributed by atoms with Crippen LogP contribution in [0.4, 0.5) is 0 Å². The first kappa shape index (κ1) is 17.9. The lowest BCUT2D eigenvalue weighted by molar-refractivity contribution is -0.128. The van der Waals surface area contributed by atoms with Crippen LogP contribution in [0.25, 0.3) is 5.69 Å². The number of nitriles is 1. The van der Waals surface area contributed by atoms with E-state index in [0.717, 1.165) is 16.8 Å². The van der Waals surface area contributed by atoms with Crippen LogP contribution in [0.3, 0.4) is 0 Å². The second-order valence-corrected chi connectivity index (χ2v) is 6.85. The quantitative estimate of drug-likeness (QED) is 0.746. The van der Waals surface area contributed by atoms with Gasteiger partial charge in [0.2, 0.25) is 11.1 Å². The Morgan fingerprint density at radius 3 is 2.71 bits per heavy atom. The van der Waals surface area contributed by atoms with Crippen LogP contribution in [-0.2, 0) is 4.79 Å². The van der Waals surface area contributed by atoms with Crippen molar-refractivity contribution in [2.75, 3.05) is 13.6 Å². The molecule has 7 nitrogen and oxygen atoms in total. The van der Waals surface area contributed by atoms with E-state index in [2.05, 4.69) is 15.5 Å². The predicted octanol–water partition coefficient (Wildman–Crippen LogP) is 2.13. The third-order valence-corrected chi connectivity index (χ3v) is 4.68. The van der Waals surface area contributed by atoms with Crippen LogP contribution in [0.2, 0.25) is 0 Å². The summed E-state index contributed by atoms with van der Waals surface area (Å²) in [4.78, 5) is 13.9. The summed E-state index contributed by atoms with van der Waals surface area (Å²) in [5.41, 5.74) is 3.06. The van der Waals surface area contributed by atoms with Crippen molar-refractivity contribution < 1.29 is 4.79 Å². The standard InChI is InChI=1S/C16H20N6OS/c1-11-7-5-8-12(2)14(11)22-16(18-19-20-22)24-13(3)15(23)21(4)10-6-9-17/h5,7-8,13H,6,10H2,1-4H3/t13-/m0/s1. The molecule has 1 aromatic carbocycles. The zero-order valence-electron chi connectivity index (χ0n) is 14.2. The average molecular weight is 344 g/mol. The van der Waals surface area contributed by atoms with Gasteiger partial charge in [0.1, 0.15) is 0 Å². The second-order valence-electron chi connectivity index (χ2n) is 5.54. The molecule has 1 atom stereocenters. The summed E-state index contributed by atoms with van der Waals surface area (Å²) in [6.07, 6.45) is 0.319. The summed E-state index contributed by atoms with van der Waals surface area (Å²) in [5.74, 6) is -0.0497. The lowest BCUT2D eigenvalue weighted by atomic mass is 10.1. The number of hydrogen-bond acceptors (Lipinski definition) is 6. The van der Waals surface area contributed by atoms with Gasteiger partial charge in [-0.25, -0.2) is 0 Å². The van der Waals surface area contributed by atoms with Gasteiger partial charge in [0.25, 0.3) is 0 Å². The SMILES string of the molecule is Cc1cccc(C)c1-n1nnnc1S[C@@H](C)C(=O)N(C)CCC#N. The first-order valence-electron chi connectivity index (χ1n) is 7.59. The Morgan fingerprint density at radius 1 is 1.42 bits per heavy atom. The molecule has 1 amide bonds. The van der Waals surface area contributed by atoms with Crippen molar-refractivity contribution in [3.05, 3.63) is 29.3 Å². The van der Waals surface area contributed by atoms with Gasteiger partial charge in [-0.15, -0.1) is 5.10 Å². The third kappa shape index (κ3) is 3.92. The highest BCUT2D eigenvalue weighted by molar-refractivity contribution is 8.00. The van der Waals surface area contributed by atoms with Gasteiger partial charge in [-0.2, -0.15) is 9.94 Å². The van der Waals surface area contributed by atoms with Crippen LogP contribution in [-0.4, -0.2) is 49.9 Å². The molecule has 2 aromatic rings. The van der Waals surface area contributed by atoms with Crippen molar-refractivity contribution in [2.45, 2.75) is 37.6 Å². The Balaban J connectivity index is 2.20. The molecule has 0 aliphatic carbocycles. The van der Waals surface area contributed by atoms with Crippen LogP contribution in [0, 0.1) is 25.2 Å². The highest BCUT2D eigenvalue weighted by atomic mass is 32.2. The highest BCUT2D eigenvalue weighted by Gasteiger charge is 2.22. The molecule has 0 unspecified atom stereocenters. The minimum Gasteiger partial charge on any atom is -0.344 e. The first-order chi connectivity index (χ1) is 11.5. The summed E-state index contributed by atoms with van der Waals surface area (Å²) < 4.78 is 1.67. The molecule has 8 heteroatoms. The number of nitrogens with zero attached hydrogens (tertiary/aromatic N) is 6. The Hall–Kier alpha value is -2.40. The van der Waals surface area contributed by atoms with E-state index in [-0.39, 0.29) is 11.2 Å².